The SMILES string of the molecule is C[C@H]1[C@H](c2cccs2)OC(=O)N1C(=O)NC1CCCCC1. The molecule has 1 aromatic heterocycles. The maximum absolute atomic E-state index is 12.4. The lowest BCUT2D eigenvalue weighted by atomic mass is 9.96. The van der Waals surface area contributed by atoms with Crippen LogP contribution in [0.15, 0.2) is 17.5 Å². The van der Waals surface area contributed by atoms with E-state index in [1.54, 1.807) is 0 Å². The van der Waals surface area contributed by atoms with Gasteiger partial charge in [-0.3, -0.25) is 0 Å². The molecule has 5 nitrogen and oxygen atoms in total. The molecule has 1 aliphatic heterocycles. The minimum absolute atomic E-state index is 0.187. The standard InChI is InChI=1S/C15H20N2O3S/c1-10-13(12-8-5-9-21-12)20-15(19)17(10)14(18)16-11-6-3-2-4-7-11/h5,8-11,13H,2-4,6-7H2,1H3,(H,16,18)/t10-,13+/m0/s1. The van der Waals surface area contributed by atoms with Gasteiger partial charge in [-0.25, -0.2) is 14.5 Å². The summed E-state index contributed by atoms with van der Waals surface area (Å²) >= 11 is 1.54. The molecule has 2 fully saturated rings. The first-order chi connectivity index (χ1) is 10.2. The zero-order chi connectivity index (χ0) is 14.8. The number of rotatable bonds is 2. The van der Waals surface area contributed by atoms with Crippen LogP contribution in [0.4, 0.5) is 9.59 Å². The van der Waals surface area contributed by atoms with Gasteiger partial charge in [-0.15, -0.1) is 11.3 Å². The molecule has 1 aliphatic carbocycles. The number of cyclic esters (lactones) is 1. The number of carbonyl (C=O) groups excluding carboxylic acids is 2. The number of ether oxygens (including phenoxy) is 1. The number of hydrogen-bond donors (Lipinski definition) is 1. The smallest absolute Gasteiger partial charge is 0.419 e. The topological polar surface area (TPSA) is 58.6 Å². The van der Waals surface area contributed by atoms with Gasteiger partial charge in [0.05, 0.1) is 6.04 Å². The molecule has 114 valence electrons. The molecule has 3 rings (SSSR count). The van der Waals surface area contributed by atoms with Crippen molar-refractivity contribution in [2.75, 3.05) is 0 Å². The maximum atomic E-state index is 12.4. The van der Waals surface area contributed by atoms with Gasteiger partial charge in [0.15, 0.2) is 6.10 Å². The summed E-state index contributed by atoms with van der Waals surface area (Å²) in [6.07, 6.45) is 4.61. The zero-order valence-electron chi connectivity index (χ0n) is 12.1. The molecule has 3 amide bonds. The molecule has 0 aromatic carbocycles. The monoisotopic (exact) mass is 308 g/mol. The Hall–Kier alpha value is -1.56. The van der Waals surface area contributed by atoms with Crippen LogP contribution in [0.25, 0.3) is 0 Å². The van der Waals surface area contributed by atoms with Gasteiger partial charge in [0.25, 0.3) is 0 Å². The van der Waals surface area contributed by atoms with Crippen LogP contribution in [0.5, 0.6) is 0 Å². The third-order valence-corrected chi connectivity index (χ3v) is 5.18. The van der Waals surface area contributed by atoms with Crippen LogP contribution < -0.4 is 5.32 Å². The molecule has 1 saturated heterocycles. The quantitative estimate of drug-likeness (QED) is 0.907. The predicted molar refractivity (Wildman–Crippen MR) is 80.2 cm³/mol. The van der Waals surface area contributed by atoms with E-state index in [1.165, 1.54) is 22.7 Å². The Labute approximate surface area is 128 Å². The molecule has 1 aromatic rings. The summed E-state index contributed by atoms with van der Waals surface area (Å²) < 4.78 is 5.38. The van der Waals surface area contributed by atoms with Gasteiger partial charge < -0.3 is 10.1 Å². The highest BCUT2D eigenvalue weighted by atomic mass is 32.1. The molecule has 0 unspecified atom stereocenters. The van der Waals surface area contributed by atoms with Gasteiger partial charge in [0.1, 0.15) is 0 Å². The average Bonchev–Trinajstić information content (AvgIpc) is 3.08. The second kappa shape index (κ2) is 6.05. The highest BCUT2D eigenvalue weighted by Crippen LogP contribution is 2.34. The summed E-state index contributed by atoms with van der Waals surface area (Å²) in [6, 6.07) is 3.44. The van der Waals surface area contributed by atoms with Gasteiger partial charge in [-0.1, -0.05) is 25.3 Å². The molecule has 1 saturated carbocycles. The number of thiophene rings is 1. The van der Waals surface area contributed by atoms with Crippen molar-refractivity contribution in [2.24, 2.45) is 0 Å². The van der Waals surface area contributed by atoms with Gasteiger partial charge in [0.2, 0.25) is 0 Å². The van der Waals surface area contributed by atoms with Crippen molar-refractivity contribution in [1.82, 2.24) is 10.2 Å². The summed E-state index contributed by atoms with van der Waals surface area (Å²) in [7, 11) is 0. The lowest BCUT2D eigenvalue weighted by molar-refractivity contribution is 0.132. The molecule has 6 heteroatoms. The molecule has 1 N–H and O–H groups in total. The van der Waals surface area contributed by atoms with Crippen LogP contribution in [0.2, 0.25) is 0 Å². The second-order valence-electron chi connectivity index (χ2n) is 5.71. The van der Waals surface area contributed by atoms with E-state index in [0.29, 0.717) is 0 Å². The van der Waals surface area contributed by atoms with E-state index in [9.17, 15) is 9.59 Å². The minimum Gasteiger partial charge on any atom is -0.438 e. The number of urea groups is 1. The highest BCUT2D eigenvalue weighted by Gasteiger charge is 2.44. The Morgan fingerprint density at radius 2 is 2.14 bits per heavy atom. The lowest BCUT2D eigenvalue weighted by Crippen LogP contribution is -2.48. The number of nitrogens with zero attached hydrogens (tertiary/aromatic N) is 1. The third kappa shape index (κ3) is 2.90. The summed E-state index contributed by atoms with van der Waals surface area (Å²) in [5, 5.41) is 4.92. The Kier molecular flexibility index (Phi) is 4.14. The summed E-state index contributed by atoms with van der Waals surface area (Å²) in [5.74, 6) is 0. The van der Waals surface area contributed by atoms with Crippen molar-refractivity contribution < 1.29 is 14.3 Å². The molecule has 21 heavy (non-hydrogen) atoms. The predicted octanol–water partition coefficient (Wildman–Crippen LogP) is 3.67. The van der Waals surface area contributed by atoms with Gasteiger partial charge in [-0.05, 0) is 31.2 Å². The van der Waals surface area contributed by atoms with Crippen LogP contribution >= 0.6 is 11.3 Å². The zero-order valence-corrected chi connectivity index (χ0v) is 12.9. The Morgan fingerprint density at radius 3 is 2.81 bits per heavy atom. The summed E-state index contributed by atoms with van der Waals surface area (Å²) in [5.41, 5.74) is 0. The Balaban J connectivity index is 1.66. The van der Waals surface area contributed by atoms with Crippen molar-refractivity contribution in [3.8, 4) is 0 Å². The fourth-order valence-electron chi connectivity index (χ4n) is 3.07. The van der Waals surface area contributed by atoms with Gasteiger partial charge >= 0.3 is 12.1 Å². The minimum atomic E-state index is -0.547. The Morgan fingerprint density at radius 1 is 1.38 bits per heavy atom. The number of hydrogen-bond acceptors (Lipinski definition) is 4. The van der Waals surface area contributed by atoms with Crippen LogP contribution in [0.3, 0.4) is 0 Å². The van der Waals surface area contributed by atoms with Gasteiger partial charge in [-0.2, -0.15) is 0 Å². The second-order valence-corrected chi connectivity index (χ2v) is 6.69. The summed E-state index contributed by atoms with van der Waals surface area (Å²) in [4.78, 5) is 26.6. The first-order valence-electron chi connectivity index (χ1n) is 7.50. The van der Waals surface area contributed by atoms with E-state index in [2.05, 4.69) is 5.32 Å². The van der Waals surface area contributed by atoms with Crippen molar-refractivity contribution >= 4 is 23.5 Å². The van der Waals surface area contributed by atoms with Crippen LogP contribution in [0.1, 0.15) is 50.0 Å². The summed E-state index contributed by atoms with van der Waals surface area (Å²) in [6.45, 7) is 1.86. The number of nitrogens with one attached hydrogen (secondary N) is 1. The fourth-order valence-corrected chi connectivity index (χ4v) is 3.92. The first-order valence-corrected chi connectivity index (χ1v) is 8.38. The molecule has 2 aliphatic rings. The van der Waals surface area contributed by atoms with Crippen molar-refractivity contribution in [3.63, 3.8) is 0 Å². The van der Waals surface area contributed by atoms with E-state index >= 15 is 0 Å². The molecule has 2 heterocycles. The first kappa shape index (κ1) is 14.4. The van der Waals surface area contributed by atoms with E-state index in [0.717, 1.165) is 30.6 Å². The molecule has 2 atom stereocenters. The third-order valence-electron chi connectivity index (χ3n) is 4.25. The number of carbonyl (C=O) groups is 2. The van der Waals surface area contributed by atoms with E-state index < -0.39 is 6.09 Å². The van der Waals surface area contributed by atoms with Crippen molar-refractivity contribution in [3.05, 3.63) is 22.4 Å². The van der Waals surface area contributed by atoms with Crippen LogP contribution in [-0.2, 0) is 4.74 Å². The highest BCUT2D eigenvalue weighted by molar-refractivity contribution is 7.10. The molecule has 0 radical (unpaired) electrons. The van der Waals surface area contributed by atoms with Crippen LogP contribution in [0, 0.1) is 0 Å². The number of amides is 3. The fraction of sp³-hybridized carbons (Fsp3) is 0.600. The largest absolute Gasteiger partial charge is 0.438 e. The maximum Gasteiger partial charge on any atom is 0.419 e. The molecular formula is C15H20N2O3S. The van der Waals surface area contributed by atoms with Crippen molar-refractivity contribution in [2.45, 2.75) is 57.2 Å². The van der Waals surface area contributed by atoms with Crippen molar-refractivity contribution in [1.29, 1.82) is 0 Å². The number of imide groups is 1. The van der Waals surface area contributed by atoms with E-state index in [-0.39, 0.29) is 24.2 Å². The van der Waals surface area contributed by atoms with Crippen LogP contribution in [-0.4, -0.2) is 29.1 Å². The van der Waals surface area contributed by atoms with Gasteiger partial charge in [0, 0.05) is 10.9 Å². The molecule has 0 spiro atoms. The molecule has 0 bridgehead atoms. The van der Waals surface area contributed by atoms with E-state index in [1.807, 2.05) is 24.4 Å². The lowest BCUT2D eigenvalue weighted by Gasteiger charge is -2.26. The average molecular weight is 308 g/mol. The normalized spacial score (nSPS) is 26.7. The molecular weight excluding hydrogens is 288 g/mol. The van der Waals surface area contributed by atoms with E-state index in [4.69, 9.17) is 4.74 Å². The Bertz CT molecular complexity index is 511.